The van der Waals surface area contributed by atoms with Crippen LogP contribution in [-0.2, 0) is 16.5 Å². The van der Waals surface area contributed by atoms with Gasteiger partial charge >= 0.3 is 51.4 Å². The van der Waals surface area contributed by atoms with Crippen molar-refractivity contribution in [2.24, 2.45) is 0 Å². The average molecular weight is 501 g/mol. The van der Waals surface area contributed by atoms with E-state index in [1.54, 1.807) is 0 Å². The van der Waals surface area contributed by atoms with Crippen LogP contribution in [0.1, 0.15) is 89.5 Å². The molecule has 2 rings (SSSR count). The Balaban J connectivity index is 0.00000544. The van der Waals surface area contributed by atoms with Gasteiger partial charge in [-0.2, -0.15) is 8.42 Å². The molecule has 7 heteroatoms. The third kappa shape index (κ3) is 12.2. The fourth-order valence-electron chi connectivity index (χ4n) is 3.85. The van der Waals surface area contributed by atoms with E-state index >= 15 is 0 Å². The zero-order valence-electron chi connectivity index (χ0n) is 20.2. The minimum Gasteiger partial charge on any atom is -0.872 e. The van der Waals surface area contributed by atoms with E-state index in [9.17, 15) is 18.1 Å². The zero-order valence-corrected chi connectivity index (χ0v) is 24.2. The molecule has 0 saturated carbocycles. The Kier molecular flexibility index (Phi) is 15.9. The zero-order chi connectivity index (χ0) is 23.2. The molecule has 0 fully saturated rings. The summed E-state index contributed by atoms with van der Waals surface area (Å²) >= 11 is 0. The normalized spacial score (nSPS) is 11.2. The van der Waals surface area contributed by atoms with E-state index in [2.05, 4.69) is 6.92 Å². The van der Waals surface area contributed by atoms with Crippen LogP contribution in [0.3, 0.4) is 0 Å². The Labute approximate surface area is 242 Å². The maximum absolute atomic E-state index is 11.7. The minimum atomic E-state index is -4.59. The number of rotatable bonds is 16. The first kappa shape index (κ1) is 30.6. The minimum absolute atomic E-state index is 0. The molecule has 0 amide bonds. The van der Waals surface area contributed by atoms with Crippen LogP contribution in [0.2, 0.25) is 0 Å². The molecular weight excluding hydrogens is 463 g/mol. The molecule has 0 radical (unpaired) electrons. The number of para-hydroxylation sites is 1. The van der Waals surface area contributed by atoms with Crippen molar-refractivity contribution in [3.8, 4) is 17.2 Å². The Morgan fingerprint density at radius 1 is 0.818 bits per heavy atom. The van der Waals surface area contributed by atoms with Crippen LogP contribution in [0.15, 0.2) is 47.4 Å². The second-order valence-corrected chi connectivity index (χ2v) is 9.82. The second kappa shape index (κ2) is 17.1. The van der Waals surface area contributed by atoms with Gasteiger partial charge in [-0.3, -0.25) is 4.55 Å². The van der Waals surface area contributed by atoms with Crippen LogP contribution in [0, 0.1) is 0 Å². The molecule has 33 heavy (non-hydrogen) atoms. The molecule has 2 aromatic carbocycles. The van der Waals surface area contributed by atoms with Crippen molar-refractivity contribution >= 4 is 10.1 Å². The summed E-state index contributed by atoms with van der Waals surface area (Å²) in [7, 11) is -4.59. The molecule has 2 aromatic rings. The molecule has 0 aromatic heterocycles. The van der Waals surface area contributed by atoms with Gasteiger partial charge < -0.3 is 9.84 Å². The first-order chi connectivity index (χ1) is 15.4. The molecular formula is C26H37KO5S. The quantitative estimate of drug-likeness (QED) is 0.213. The van der Waals surface area contributed by atoms with Crippen molar-refractivity contribution in [1.29, 1.82) is 0 Å². The number of ether oxygens (including phenoxy) is 1. The number of hydrogen-bond acceptors (Lipinski definition) is 4. The summed E-state index contributed by atoms with van der Waals surface area (Å²) in [4.78, 5) is -0.673. The topological polar surface area (TPSA) is 86.7 Å². The van der Waals surface area contributed by atoms with Crippen LogP contribution >= 0.6 is 0 Å². The van der Waals surface area contributed by atoms with Gasteiger partial charge in [0.1, 0.15) is 11.5 Å². The number of aryl methyl sites for hydroxylation is 1. The molecule has 0 atom stereocenters. The average Bonchev–Trinajstić information content (AvgIpc) is 2.76. The van der Waals surface area contributed by atoms with E-state index in [1.807, 2.05) is 24.3 Å². The third-order valence-electron chi connectivity index (χ3n) is 5.69. The van der Waals surface area contributed by atoms with Gasteiger partial charge in [0, 0.05) is 6.07 Å². The van der Waals surface area contributed by atoms with Gasteiger partial charge in [0.25, 0.3) is 10.1 Å². The van der Waals surface area contributed by atoms with E-state index in [0.717, 1.165) is 30.5 Å². The second-order valence-electron chi connectivity index (χ2n) is 8.43. The Hall–Kier alpha value is -0.414. The van der Waals surface area contributed by atoms with Crippen molar-refractivity contribution < 1.29 is 74.2 Å². The molecule has 0 unspecified atom stereocenters. The van der Waals surface area contributed by atoms with E-state index in [4.69, 9.17) is 4.74 Å². The van der Waals surface area contributed by atoms with E-state index in [-0.39, 0.29) is 57.1 Å². The predicted molar refractivity (Wildman–Crippen MR) is 127 cm³/mol. The monoisotopic (exact) mass is 500 g/mol. The molecule has 0 bridgehead atoms. The van der Waals surface area contributed by atoms with E-state index in [0.29, 0.717) is 5.75 Å². The van der Waals surface area contributed by atoms with Gasteiger partial charge in [0.15, 0.2) is 0 Å². The fraction of sp³-hybridized carbons (Fsp3) is 0.538. The summed E-state index contributed by atoms with van der Waals surface area (Å²) in [6.07, 6.45) is 16.5. The third-order valence-corrected chi connectivity index (χ3v) is 6.57. The van der Waals surface area contributed by atoms with Crippen molar-refractivity contribution in [3.05, 3.63) is 48.0 Å². The van der Waals surface area contributed by atoms with Crippen molar-refractivity contribution in [3.63, 3.8) is 0 Å². The first-order valence-corrected chi connectivity index (χ1v) is 13.4. The largest absolute Gasteiger partial charge is 1.00 e. The number of benzene rings is 2. The van der Waals surface area contributed by atoms with Gasteiger partial charge in [-0.1, -0.05) is 108 Å². The molecule has 178 valence electrons. The summed E-state index contributed by atoms with van der Waals surface area (Å²) in [5.74, 6) is 0.0829. The maximum atomic E-state index is 11.7. The van der Waals surface area contributed by atoms with Crippen molar-refractivity contribution in [2.45, 2.75) is 95.3 Å². The van der Waals surface area contributed by atoms with E-state index < -0.39 is 20.8 Å². The maximum Gasteiger partial charge on any atom is 1.00 e. The summed E-state index contributed by atoms with van der Waals surface area (Å²) in [6, 6.07) is 11.2. The molecule has 0 aliphatic carbocycles. The molecule has 0 spiro atoms. The van der Waals surface area contributed by atoms with Gasteiger partial charge in [-0.25, -0.2) is 0 Å². The van der Waals surface area contributed by atoms with E-state index in [1.165, 1.54) is 76.7 Å². The van der Waals surface area contributed by atoms with Crippen molar-refractivity contribution in [2.75, 3.05) is 0 Å². The summed E-state index contributed by atoms with van der Waals surface area (Å²) < 4.78 is 37.8. The predicted octanol–water partition coefficient (Wildman–Crippen LogP) is 4.05. The van der Waals surface area contributed by atoms with Gasteiger partial charge in [-0.05, 0) is 30.5 Å². The van der Waals surface area contributed by atoms with Gasteiger partial charge in [0.05, 0.1) is 4.90 Å². The fourth-order valence-corrected chi connectivity index (χ4v) is 4.43. The number of unbranched alkanes of at least 4 members (excludes halogenated alkanes) is 11. The molecule has 0 saturated heterocycles. The summed E-state index contributed by atoms with van der Waals surface area (Å²) in [5, 5.41) is 11.7. The Bertz CT molecular complexity index is 915. The molecule has 5 nitrogen and oxygen atoms in total. The van der Waals surface area contributed by atoms with Crippen LogP contribution in [-0.4, -0.2) is 13.0 Å². The standard InChI is InChI=1S/C26H38O5S.K/c1-2-3-4-5-6-7-8-9-10-11-12-13-16-22-17-14-15-18-25(22)31-23-19-20-24(27)26(21-23)32(28,29)30;/h14-15,17-21,27H,2-13,16H2,1H3,(H,28,29,30);/q;+1/p-1. The molecule has 0 aliphatic rings. The Morgan fingerprint density at radius 3 is 1.94 bits per heavy atom. The summed E-state index contributed by atoms with van der Waals surface area (Å²) in [6.45, 7) is 2.25. The first-order valence-electron chi connectivity index (χ1n) is 12.0. The Morgan fingerprint density at radius 2 is 1.36 bits per heavy atom. The molecule has 0 aliphatic heterocycles. The molecule has 0 heterocycles. The number of hydrogen-bond donors (Lipinski definition) is 1. The smallest absolute Gasteiger partial charge is 0.872 e. The van der Waals surface area contributed by atoms with Crippen LogP contribution in [0.25, 0.3) is 0 Å². The van der Waals surface area contributed by atoms with Crippen molar-refractivity contribution in [1.82, 2.24) is 0 Å². The molecule has 1 N–H and O–H groups in total. The SMILES string of the molecule is CCCCCCCCCCCCCCc1ccccc1Oc1ccc([O-])c(S(=O)(=O)O)c1.[K+]. The summed E-state index contributed by atoms with van der Waals surface area (Å²) in [5.41, 5.74) is 1.04. The van der Waals surface area contributed by atoms with Gasteiger partial charge in [-0.15, -0.1) is 0 Å². The van der Waals surface area contributed by atoms with Gasteiger partial charge in [0.2, 0.25) is 0 Å². The van der Waals surface area contributed by atoms with Crippen LogP contribution < -0.4 is 61.2 Å². The van der Waals surface area contributed by atoms with Crippen LogP contribution in [0.5, 0.6) is 17.2 Å². The van der Waals surface area contributed by atoms with Crippen LogP contribution in [0.4, 0.5) is 0 Å².